The average molecular weight is 721 g/mol. The van der Waals surface area contributed by atoms with Gasteiger partial charge < -0.3 is 14.5 Å². The van der Waals surface area contributed by atoms with Gasteiger partial charge in [-0.1, -0.05) is 24.8 Å². The Bertz CT molecular complexity index is 1480. The van der Waals surface area contributed by atoms with Gasteiger partial charge >= 0.3 is 19.8 Å². The Morgan fingerprint density at radius 1 is 0.756 bits per heavy atom. The van der Waals surface area contributed by atoms with Crippen LogP contribution in [0.4, 0.5) is 0 Å². The molecule has 0 amide bonds. The van der Waals surface area contributed by atoms with Gasteiger partial charge in [0.15, 0.2) is 11.6 Å². The monoisotopic (exact) mass is 722 g/mol. The summed E-state index contributed by atoms with van der Waals surface area (Å²) in [5.41, 5.74) is 1.67. The Labute approximate surface area is 252 Å². The Morgan fingerprint density at radius 2 is 1.41 bits per heavy atom. The summed E-state index contributed by atoms with van der Waals surface area (Å²) < 4.78 is 14.1. The van der Waals surface area contributed by atoms with E-state index in [9.17, 15) is 0 Å². The predicted octanol–water partition coefficient (Wildman–Crippen LogP) is 5.65. The van der Waals surface area contributed by atoms with Crippen LogP contribution in [0.15, 0.2) is 135 Å². The largest absolute Gasteiger partial charge is 1.00 e. The van der Waals surface area contributed by atoms with Crippen LogP contribution in [0.1, 0.15) is 0 Å². The summed E-state index contributed by atoms with van der Waals surface area (Å²) in [4.78, 5) is 12.5. The number of aromatic nitrogens is 7. The molecule has 207 valence electrons. The van der Waals surface area contributed by atoms with Crippen molar-refractivity contribution >= 4 is 0 Å². The first-order valence-corrected chi connectivity index (χ1v) is 12.3. The van der Waals surface area contributed by atoms with Gasteiger partial charge in [-0.25, -0.2) is 19.3 Å². The van der Waals surface area contributed by atoms with E-state index in [4.69, 9.17) is 9.47 Å². The molecule has 0 aliphatic rings. The summed E-state index contributed by atoms with van der Waals surface area (Å²) >= 11 is 0. The molecule has 0 unspecified atom stereocenters. The van der Waals surface area contributed by atoms with E-state index in [1.54, 1.807) is 53.5 Å². The van der Waals surface area contributed by atoms with Crippen molar-refractivity contribution in [1.29, 1.82) is 0 Å². The molecule has 0 aliphatic carbocycles. The first-order chi connectivity index (χ1) is 19.8. The second-order valence-electron chi connectivity index (χ2n) is 7.90. The van der Waals surface area contributed by atoms with Gasteiger partial charge in [-0.2, -0.15) is 10.2 Å². The van der Waals surface area contributed by atoms with Crippen LogP contribution in [0.3, 0.4) is 0 Å². The molecule has 0 spiro atoms. The maximum absolute atomic E-state index is 5.47. The molecule has 0 saturated carbocycles. The van der Waals surface area contributed by atoms with Crippen molar-refractivity contribution < 1.29 is 29.3 Å². The molecule has 0 saturated heterocycles. The minimum absolute atomic E-state index is 0. The molecule has 9 nitrogen and oxygen atoms in total. The fourth-order valence-corrected chi connectivity index (χ4v) is 3.31. The van der Waals surface area contributed by atoms with E-state index in [0.29, 0.717) is 6.61 Å². The molecule has 0 aliphatic heterocycles. The second-order valence-corrected chi connectivity index (χ2v) is 7.90. The fourth-order valence-electron chi connectivity index (χ4n) is 3.31. The van der Waals surface area contributed by atoms with Gasteiger partial charge in [-0.15, -0.1) is 29.8 Å². The van der Waals surface area contributed by atoms with Crippen LogP contribution in [0.2, 0.25) is 0 Å². The summed E-state index contributed by atoms with van der Waals surface area (Å²) in [6, 6.07) is 27.5. The molecule has 10 heteroatoms. The summed E-state index contributed by atoms with van der Waals surface area (Å²) in [6.07, 6.45) is 14.1. The molecule has 1 aromatic carbocycles. The molecule has 5 aromatic heterocycles. The zero-order valence-corrected chi connectivity index (χ0v) is 24.9. The van der Waals surface area contributed by atoms with E-state index in [2.05, 4.69) is 37.8 Å². The Balaban J connectivity index is 0.000000175. The van der Waals surface area contributed by atoms with Crippen LogP contribution in [-0.4, -0.2) is 48.2 Å². The van der Waals surface area contributed by atoms with E-state index in [-0.39, 0.29) is 19.8 Å². The SMILES string of the molecule is C=CCOc1ccnc(-c2[c-]ccc(OC)c2)c1.[Os+].c1ccc(-n2cccn2)nc1.c1ccc(-n2cccn2)nc1. The molecule has 1 radical (unpaired) electrons. The van der Waals surface area contributed by atoms with Crippen molar-refractivity contribution in [1.82, 2.24) is 34.5 Å². The van der Waals surface area contributed by atoms with Gasteiger partial charge in [-0.05, 0) is 54.2 Å². The van der Waals surface area contributed by atoms with Crippen LogP contribution < -0.4 is 9.47 Å². The molecule has 0 N–H and O–H groups in total. The van der Waals surface area contributed by atoms with Crippen LogP contribution in [0.25, 0.3) is 22.9 Å². The van der Waals surface area contributed by atoms with Gasteiger partial charge in [0.2, 0.25) is 0 Å². The zero-order chi connectivity index (χ0) is 27.8. The maximum Gasteiger partial charge on any atom is 1.00 e. The van der Waals surface area contributed by atoms with Gasteiger partial charge in [0.05, 0.1) is 7.11 Å². The van der Waals surface area contributed by atoms with Crippen LogP contribution in [-0.2, 0) is 19.8 Å². The number of methoxy groups -OCH3 is 1. The number of hydrogen-bond donors (Lipinski definition) is 0. The molecule has 0 fully saturated rings. The number of rotatable bonds is 7. The quantitative estimate of drug-likeness (QED) is 0.156. The van der Waals surface area contributed by atoms with Crippen molar-refractivity contribution in [2.24, 2.45) is 0 Å². The zero-order valence-electron chi connectivity index (χ0n) is 22.3. The maximum atomic E-state index is 5.47. The molecular formula is C31H28N7O2Os. The smallest absolute Gasteiger partial charge is 0.516 e. The standard InChI is InChI=1S/C15H14NO2.2C8H7N3.Os/c1-3-9-18-14-7-8-16-15(11-14)12-5-4-6-13(10-12)17-2;2*1-2-5-9-8(4-1)11-7-3-6-10-11;/h3-4,6-8,10-11H,1,9H2,2H3;2*1-7H;/q-1;;;+1. The van der Waals surface area contributed by atoms with Gasteiger partial charge in [0, 0.05) is 49.1 Å². The van der Waals surface area contributed by atoms with Crippen molar-refractivity contribution in [2.45, 2.75) is 0 Å². The summed E-state index contributed by atoms with van der Waals surface area (Å²) in [5.74, 6) is 3.23. The third-order valence-electron chi connectivity index (χ3n) is 5.16. The van der Waals surface area contributed by atoms with Crippen molar-refractivity contribution in [3.8, 4) is 34.4 Å². The third-order valence-corrected chi connectivity index (χ3v) is 5.16. The molecule has 0 bridgehead atoms. The van der Waals surface area contributed by atoms with E-state index in [1.165, 1.54) is 0 Å². The van der Waals surface area contributed by atoms with Crippen molar-refractivity contribution in [2.75, 3.05) is 13.7 Å². The van der Waals surface area contributed by atoms with Crippen molar-refractivity contribution in [3.05, 3.63) is 141 Å². The summed E-state index contributed by atoms with van der Waals surface area (Å²) in [5, 5.41) is 8.08. The summed E-state index contributed by atoms with van der Waals surface area (Å²) in [6.45, 7) is 4.09. The van der Waals surface area contributed by atoms with E-state index >= 15 is 0 Å². The van der Waals surface area contributed by atoms with Crippen molar-refractivity contribution in [3.63, 3.8) is 0 Å². The van der Waals surface area contributed by atoms with Gasteiger partial charge in [-0.3, -0.25) is 0 Å². The average Bonchev–Trinajstić information content (AvgIpc) is 3.78. The number of ether oxygens (including phenoxy) is 2. The van der Waals surface area contributed by atoms with Crippen LogP contribution >= 0.6 is 0 Å². The van der Waals surface area contributed by atoms with Crippen LogP contribution in [0.5, 0.6) is 11.5 Å². The van der Waals surface area contributed by atoms with E-state index < -0.39 is 0 Å². The molecule has 0 atom stereocenters. The Kier molecular flexibility index (Phi) is 12.6. The first-order valence-electron chi connectivity index (χ1n) is 12.3. The number of hydrogen-bond acceptors (Lipinski definition) is 7. The third kappa shape index (κ3) is 9.64. The predicted molar refractivity (Wildman–Crippen MR) is 153 cm³/mol. The minimum Gasteiger partial charge on any atom is -0.516 e. The number of pyridine rings is 3. The molecule has 41 heavy (non-hydrogen) atoms. The minimum atomic E-state index is 0. The molecular weight excluding hydrogens is 693 g/mol. The topological polar surface area (TPSA) is 92.8 Å². The Hall–Kier alpha value is -4.93. The summed E-state index contributed by atoms with van der Waals surface area (Å²) in [7, 11) is 1.64. The molecule has 6 rings (SSSR count). The van der Waals surface area contributed by atoms with Gasteiger partial charge in [0.25, 0.3) is 0 Å². The fraction of sp³-hybridized carbons (Fsp3) is 0.0645. The van der Waals surface area contributed by atoms with E-state index in [0.717, 1.165) is 34.4 Å². The first kappa shape index (κ1) is 30.6. The molecule has 6 aromatic rings. The second kappa shape index (κ2) is 16.9. The number of benzene rings is 1. The molecule has 5 heterocycles. The normalized spacial score (nSPS) is 9.59. The Morgan fingerprint density at radius 3 is 1.93 bits per heavy atom. The van der Waals surface area contributed by atoms with E-state index in [1.807, 2.05) is 91.3 Å². The number of nitrogens with zero attached hydrogens (tertiary/aromatic N) is 7. The van der Waals surface area contributed by atoms with Crippen LogP contribution in [0, 0.1) is 6.07 Å². The van der Waals surface area contributed by atoms with Gasteiger partial charge in [0.1, 0.15) is 12.4 Å².